The first kappa shape index (κ1) is 12.4. The Balaban J connectivity index is 1.98. The number of carbonyl (C=O) groups excluding carboxylic acids is 1. The highest BCUT2D eigenvalue weighted by Crippen LogP contribution is 2.28. The van der Waals surface area contributed by atoms with Crippen LogP contribution in [0.4, 0.5) is 0 Å². The molecule has 2 aromatic carbocycles. The predicted molar refractivity (Wildman–Crippen MR) is 81.3 cm³/mol. The van der Waals surface area contributed by atoms with Crippen LogP contribution in [-0.4, -0.2) is 5.78 Å². The molecule has 0 heterocycles. The zero-order valence-corrected chi connectivity index (χ0v) is 12.2. The Morgan fingerprint density at radius 1 is 1.16 bits per heavy atom. The fourth-order valence-corrected chi connectivity index (χ4v) is 2.77. The number of ketones is 1. The van der Waals surface area contributed by atoms with Crippen molar-refractivity contribution < 1.29 is 4.79 Å². The summed E-state index contributed by atoms with van der Waals surface area (Å²) in [6, 6.07) is 14.0. The summed E-state index contributed by atoms with van der Waals surface area (Å²) in [6.45, 7) is 2.05. The van der Waals surface area contributed by atoms with Crippen molar-refractivity contribution in [2.75, 3.05) is 0 Å². The molecule has 0 aliphatic heterocycles. The molecule has 3 rings (SSSR count). The van der Waals surface area contributed by atoms with Crippen molar-refractivity contribution in [1.82, 2.24) is 0 Å². The predicted octanol–water partition coefficient (Wildman–Crippen LogP) is 4.58. The summed E-state index contributed by atoms with van der Waals surface area (Å²) in [5, 5.41) is 0. The number of allylic oxidation sites excluding steroid dienone is 1. The first-order chi connectivity index (χ1) is 9.15. The molecule has 0 radical (unpaired) electrons. The number of fused-ring (bicyclic) bond motifs is 1. The van der Waals surface area contributed by atoms with Gasteiger partial charge in [-0.3, -0.25) is 4.79 Å². The van der Waals surface area contributed by atoms with E-state index in [0.717, 1.165) is 33.2 Å². The summed E-state index contributed by atoms with van der Waals surface area (Å²) in [4.78, 5) is 12.3. The number of hydrogen-bond acceptors (Lipinski definition) is 1. The van der Waals surface area contributed by atoms with Crippen LogP contribution in [0, 0.1) is 6.92 Å². The molecule has 2 heteroatoms. The van der Waals surface area contributed by atoms with Gasteiger partial charge in [-0.1, -0.05) is 52.3 Å². The minimum atomic E-state index is 0.160. The first-order valence-electron chi connectivity index (χ1n) is 6.24. The molecule has 94 valence electrons. The maximum absolute atomic E-state index is 12.3. The summed E-state index contributed by atoms with van der Waals surface area (Å²) >= 11 is 3.52. The molecule has 0 atom stereocenters. The minimum Gasteiger partial charge on any atom is -0.289 e. The average Bonchev–Trinajstić information content (AvgIpc) is 2.72. The SMILES string of the molecule is Cc1ccc(/C=C2\Cc3ccccc3C2=O)cc1Br. The van der Waals surface area contributed by atoms with Gasteiger partial charge in [0.1, 0.15) is 0 Å². The van der Waals surface area contributed by atoms with Crippen LogP contribution < -0.4 is 0 Å². The Labute approximate surface area is 121 Å². The van der Waals surface area contributed by atoms with Gasteiger partial charge in [0.25, 0.3) is 0 Å². The molecule has 0 unspecified atom stereocenters. The highest BCUT2D eigenvalue weighted by molar-refractivity contribution is 9.10. The van der Waals surface area contributed by atoms with E-state index >= 15 is 0 Å². The minimum absolute atomic E-state index is 0.160. The Morgan fingerprint density at radius 2 is 1.95 bits per heavy atom. The molecule has 0 saturated carbocycles. The summed E-state index contributed by atoms with van der Waals surface area (Å²) < 4.78 is 1.07. The van der Waals surface area contributed by atoms with Crippen molar-refractivity contribution in [3.63, 3.8) is 0 Å². The Kier molecular flexibility index (Phi) is 3.11. The number of rotatable bonds is 1. The van der Waals surface area contributed by atoms with Crippen LogP contribution in [0.2, 0.25) is 0 Å². The van der Waals surface area contributed by atoms with Crippen molar-refractivity contribution >= 4 is 27.8 Å². The fraction of sp³-hybridized carbons (Fsp3) is 0.118. The fourth-order valence-electron chi connectivity index (χ4n) is 2.37. The second-order valence-corrected chi connectivity index (χ2v) is 5.70. The molecule has 2 aromatic rings. The van der Waals surface area contributed by atoms with Gasteiger partial charge in [0.2, 0.25) is 0 Å². The van der Waals surface area contributed by atoms with Crippen molar-refractivity contribution in [3.05, 3.63) is 74.8 Å². The molecule has 1 nitrogen and oxygen atoms in total. The molecule has 0 bridgehead atoms. The second kappa shape index (κ2) is 4.78. The molecule has 0 spiro atoms. The van der Waals surface area contributed by atoms with E-state index in [-0.39, 0.29) is 5.78 Å². The third kappa shape index (κ3) is 2.28. The lowest BCUT2D eigenvalue weighted by Gasteiger charge is -2.01. The molecule has 0 saturated heterocycles. The van der Waals surface area contributed by atoms with Crippen LogP contribution in [0.1, 0.15) is 27.0 Å². The molecule has 1 aliphatic rings. The van der Waals surface area contributed by atoms with Gasteiger partial charge in [0.15, 0.2) is 5.78 Å². The van der Waals surface area contributed by atoms with Crippen LogP contribution in [0.25, 0.3) is 6.08 Å². The summed E-state index contributed by atoms with van der Waals surface area (Å²) in [7, 11) is 0. The van der Waals surface area contributed by atoms with Gasteiger partial charge in [-0.05, 0) is 35.8 Å². The van der Waals surface area contributed by atoms with Crippen LogP contribution in [0.15, 0.2) is 52.5 Å². The van der Waals surface area contributed by atoms with E-state index in [9.17, 15) is 4.79 Å². The largest absolute Gasteiger partial charge is 0.289 e. The monoisotopic (exact) mass is 312 g/mol. The van der Waals surface area contributed by atoms with Gasteiger partial charge < -0.3 is 0 Å². The van der Waals surface area contributed by atoms with E-state index in [4.69, 9.17) is 0 Å². The molecule has 0 N–H and O–H groups in total. The molecular formula is C17H13BrO. The van der Waals surface area contributed by atoms with E-state index in [1.54, 1.807) is 0 Å². The van der Waals surface area contributed by atoms with Gasteiger partial charge >= 0.3 is 0 Å². The average molecular weight is 313 g/mol. The Bertz CT molecular complexity index is 698. The number of carbonyl (C=O) groups is 1. The number of aryl methyl sites for hydroxylation is 1. The van der Waals surface area contributed by atoms with Gasteiger partial charge in [-0.2, -0.15) is 0 Å². The summed E-state index contributed by atoms with van der Waals surface area (Å²) in [5.74, 6) is 0.160. The molecule has 0 aromatic heterocycles. The molecule has 1 aliphatic carbocycles. The summed E-state index contributed by atoms with van der Waals surface area (Å²) in [5.41, 5.74) is 5.11. The number of halogens is 1. The molecule has 19 heavy (non-hydrogen) atoms. The van der Waals surface area contributed by atoms with Gasteiger partial charge in [-0.15, -0.1) is 0 Å². The zero-order valence-electron chi connectivity index (χ0n) is 10.6. The van der Waals surface area contributed by atoms with Crippen LogP contribution >= 0.6 is 15.9 Å². The van der Waals surface area contributed by atoms with Gasteiger partial charge in [0.05, 0.1) is 0 Å². The lowest BCUT2D eigenvalue weighted by molar-refractivity contribution is 0.104. The van der Waals surface area contributed by atoms with E-state index in [1.165, 1.54) is 5.56 Å². The van der Waals surface area contributed by atoms with Crippen molar-refractivity contribution in [1.29, 1.82) is 0 Å². The standard InChI is InChI=1S/C17H13BrO/c1-11-6-7-12(9-16(11)18)8-14-10-13-4-2-3-5-15(13)17(14)19/h2-9H,10H2,1H3/b14-8+. The first-order valence-corrected chi connectivity index (χ1v) is 7.04. The second-order valence-electron chi connectivity index (χ2n) is 4.84. The number of Topliss-reactive ketones (excluding diaryl/α,β-unsaturated/α-hetero) is 1. The normalized spacial score (nSPS) is 15.9. The Morgan fingerprint density at radius 3 is 2.68 bits per heavy atom. The highest BCUT2D eigenvalue weighted by atomic mass is 79.9. The number of benzene rings is 2. The van der Waals surface area contributed by atoms with Crippen LogP contribution in [-0.2, 0) is 6.42 Å². The third-order valence-corrected chi connectivity index (χ3v) is 4.33. The zero-order chi connectivity index (χ0) is 13.4. The molecule has 0 fully saturated rings. The van der Waals surface area contributed by atoms with E-state index in [0.29, 0.717) is 0 Å². The summed E-state index contributed by atoms with van der Waals surface area (Å²) in [6.07, 6.45) is 2.73. The van der Waals surface area contributed by atoms with Crippen LogP contribution in [0.3, 0.4) is 0 Å². The van der Waals surface area contributed by atoms with Crippen molar-refractivity contribution in [2.45, 2.75) is 13.3 Å². The lowest BCUT2D eigenvalue weighted by atomic mass is 10.1. The van der Waals surface area contributed by atoms with Crippen molar-refractivity contribution in [2.24, 2.45) is 0 Å². The van der Waals surface area contributed by atoms with Crippen LogP contribution in [0.5, 0.6) is 0 Å². The smallest absolute Gasteiger partial charge is 0.189 e. The molecule has 0 amide bonds. The number of hydrogen-bond donors (Lipinski definition) is 0. The molecular weight excluding hydrogens is 300 g/mol. The lowest BCUT2D eigenvalue weighted by Crippen LogP contribution is -1.95. The maximum atomic E-state index is 12.3. The van der Waals surface area contributed by atoms with Gasteiger partial charge in [0, 0.05) is 22.0 Å². The Hall–Kier alpha value is -1.67. The van der Waals surface area contributed by atoms with E-state index < -0.39 is 0 Å². The topological polar surface area (TPSA) is 17.1 Å². The van der Waals surface area contributed by atoms with Gasteiger partial charge in [-0.25, -0.2) is 0 Å². The van der Waals surface area contributed by atoms with E-state index in [2.05, 4.69) is 35.0 Å². The maximum Gasteiger partial charge on any atom is 0.189 e. The quantitative estimate of drug-likeness (QED) is 0.704. The highest BCUT2D eigenvalue weighted by Gasteiger charge is 2.23. The van der Waals surface area contributed by atoms with E-state index in [1.807, 2.05) is 36.4 Å². The third-order valence-electron chi connectivity index (χ3n) is 3.47. The van der Waals surface area contributed by atoms with Crippen molar-refractivity contribution in [3.8, 4) is 0 Å².